The number of ether oxygens (including phenoxy) is 2. The Morgan fingerprint density at radius 2 is 1.77 bits per heavy atom. The monoisotopic (exact) mass is 377 g/mol. The average Bonchev–Trinajstić information content (AvgIpc) is 2.64. The second-order valence-electron chi connectivity index (χ2n) is 6.32. The van der Waals surface area contributed by atoms with Crippen LogP contribution in [0.2, 0.25) is 0 Å². The minimum atomic E-state index is -0.142. The molecule has 0 atom stereocenters. The van der Waals surface area contributed by atoms with Gasteiger partial charge in [0.1, 0.15) is 12.4 Å². The highest BCUT2D eigenvalue weighted by atomic mass is 35.5. The summed E-state index contributed by atoms with van der Waals surface area (Å²) in [6.45, 7) is 3.64. The van der Waals surface area contributed by atoms with E-state index in [9.17, 15) is 4.39 Å². The van der Waals surface area contributed by atoms with Crippen LogP contribution in [0.4, 0.5) is 4.39 Å². The molecule has 5 heteroatoms. The van der Waals surface area contributed by atoms with Gasteiger partial charge in [-0.25, -0.2) is 8.97 Å². The average molecular weight is 378 g/mol. The third kappa shape index (κ3) is 4.01. The molecule has 0 N–H and O–H groups in total. The first-order chi connectivity index (χ1) is 12.2. The van der Waals surface area contributed by atoms with Crippen LogP contribution in [0.15, 0.2) is 36.4 Å². The highest BCUT2D eigenvalue weighted by molar-refractivity contribution is 5.99. The lowest BCUT2D eigenvalue weighted by Gasteiger charge is -2.21. The third-order valence-corrected chi connectivity index (χ3v) is 4.76. The number of nitrogens with zero attached hydrogens (tertiary/aromatic N) is 1. The lowest BCUT2D eigenvalue weighted by Crippen LogP contribution is -3.00. The zero-order chi connectivity index (χ0) is 17.8. The molecular formula is C21H25ClFNO2. The fourth-order valence-corrected chi connectivity index (χ4v) is 3.49. The maximum Gasteiger partial charge on any atom is 0.184 e. The Balaban J connectivity index is 0.00000243. The Labute approximate surface area is 160 Å². The van der Waals surface area contributed by atoms with Gasteiger partial charge in [0.15, 0.2) is 23.8 Å². The smallest absolute Gasteiger partial charge is 0.184 e. The van der Waals surface area contributed by atoms with Gasteiger partial charge in [0.2, 0.25) is 0 Å². The largest absolute Gasteiger partial charge is 1.00 e. The molecule has 0 aliphatic carbocycles. The van der Waals surface area contributed by atoms with Crippen LogP contribution in [-0.4, -0.2) is 31.1 Å². The number of fused-ring (bicyclic) bond motifs is 1. The Morgan fingerprint density at radius 1 is 1.08 bits per heavy atom. The molecule has 0 unspecified atom stereocenters. The number of halogens is 2. The van der Waals surface area contributed by atoms with Crippen LogP contribution in [0, 0.1) is 5.82 Å². The van der Waals surface area contributed by atoms with E-state index in [-0.39, 0.29) is 18.2 Å². The summed E-state index contributed by atoms with van der Waals surface area (Å²) in [6.07, 6.45) is 2.91. The van der Waals surface area contributed by atoms with Gasteiger partial charge in [-0.15, -0.1) is 0 Å². The van der Waals surface area contributed by atoms with Gasteiger partial charge >= 0.3 is 0 Å². The van der Waals surface area contributed by atoms with E-state index >= 15 is 0 Å². The minimum absolute atomic E-state index is 0. The Morgan fingerprint density at radius 3 is 2.42 bits per heavy atom. The number of hydrogen-bond donors (Lipinski definition) is 0. The van der Waals surface area contributed by atoms with Gasteiger partial charge in [-0.1, -0.05) is 19.1 Å². The second kappa shape index (κ2) is 9.04. The maximum atomic E-state index is 14.1. The summed E-state index contributed by atoms with van der Waals surface area (Å²) in [7, 11) is 3.32. The summed E-state index contributed by atoms with van der Waals surface area (Å²) in [5, 5.41) is 0. The SMILES string of the molecule is CCCC1=[N+](Cc2ccccc2F)CCc2cc(OC)c(OC)cc21.[Cl-]. The van der Waals surface area contributed by atoms with Gasteiger partial charge in [0.25, 0.3) is 0 Å². The van der Waals surface area contributed by atoms with Gasteiger partial charge in [0.05, 0.1) is 19.8 Å². The van der Waals surface area contributed by atoms with Crippen molar-refractivity contribution in [3.05, 3.63) is 58.9 Å². The fourth-order valence-electron chi connectivity index (χ4n) is 3.49. The van der Waals surface area contributed by atoms with Crippen molar-refractivity contribution in [1.82, 2.24) is 0 Å². The van der Waals surface area contributed by atoms with Gasteiger partial charge in [0, 0.05) is 18.4 Å². The van der Waals surface area contributed by atoms with Crippen LogP contribution in [0.5, 0.6) is 11.5 Å². The molecule has 0 saturated heterocycles. The standard InChI is InChI=1S/C21H25FNO2.ClH/c1-4-7-19-17-13-21(25-3)20(24-2)12-15(17)10-11-23(19)14-16-8-5-6-9-18(16)22;/h5-6,8-9,12-13H,4,7,10-11,14H2,1-3H3;1H/q+1;/p-1. The zero-order valence-electron chi connectivity index (χ0n) is 15.5. The molecule has 1 heterocycles. The Kier molecular flexibility index (Phi) is 7.04. The molecule has 2 aromatic carbocycles. The first-order valence-electron chi connectivity index (χ1n) is 8.77. The summed E-state index contributed by atoms with van der Waals surface area (Å²) in [4.78, 5) is 0. The van der Waals surface area contributed by atoms with E-state index in [1.807, 2.05) is 12.1 Å². The summed E-state index contributed by atoms with van der Waals surface area (Å²) < 4.78 is 27.3. The molecule has 3 rings (SSSR count). The van der Waals surface area contributed by atoms with Crippen molar-refractivity contribution in [2.24, 2.45) is 0 Å². The van der Waals surface area contributed by atoms with E-state index in [0.29, 0.717) is 6.54 Å². The molecule has 2 aromatic rings. The highest BCUT2D eigenvalue weighted by Gasteiger charge is 2.27. The maximum absolute atomic E-state index is 14.1. The predicted octanol–water partition coefficient (Wildman–Crippen LogP) is 1.20. The molecule has 0 saturated carbocycles. The van der Waals surface area contributed by atoms with Crippen molar-refractivity contribution in [3.8, 4) is 11.5 Å². The predicted molar refractivity (Wildman–Crippen MR) is 97.5 cm³/mol. The summed E-state index contributed by atoms with van der Waals surface area (Å²) >= 11 is 0. The zero-order valence-corrected chi connectivity index (χ0v) is 16.3. The highest BCUT2D eigenvalue weighted by Crippen LogP contribution is 2.33. The topological polar surface area (TPSA) is 21.5 Å². The lowest BCUT2D eigenvalue weighted by atomic mass is 9.93. The molecule has 1 aliphatic rings. The van der Waals surface area contributed by atoms with E-state index in [2.05, 4.69) is 23.6 Å². The number of rotatable bonds is 6. The van der Waals surface area contributed by atoms with Gasteiger partial charge in [-0.2, -0.15) is 0 Å². The quantitative estimate of drug-likeness (QED) is 0.706. The van der Waals surface area contributed by atoms with Crippen LogP contribution >= 0.6 is 0 Å². The van der Waals surface area contributed by atoms with Gasteiger partial charge in [-0.05, 0) is 36.2 Å². The number of benzene rings is 2. The Hall–Kier alpha value is -2.07. The van der Waals surface area contributed by atoms with Crippen LogP contribution in [0.25, 0.3) is 0 Å². The molecule has 1 aliphatic heterocycles. The number of hydrogen-bond acceptors (Lipinski definition) is 2. The molecule has 0 aromatic heterocycles. The van der Waals surface area contributed by atoms with Crippen LogP contribution in [0.3, 0.4) is 0 Å². The van der Waals surface area contributed by atoms with Gasteiger partial charge < -0.3 is 21.9 Å². The first kappa shape index (κ1) is 20.2. The Bertz CT molecular complexity index is 805. The van der Waals surface area contributed by atoms with E-state index in [1.54, 1.807) is 20.3 Å². The van der Waals surface area contributed by atoms with Gasteiger partial charge in [-0.3, -0.25) is 0 Å². The van der Waals surface area contributed by atoms with Crippen LogP contribution < -0.4 is 21.9 Å². The third-order valence-electron chi connectivity index (χ3n) is 4.76. The molecule has 0 bridgehead atoms. The van der Waals surface area contributed by atoms with Crippen molar-refractivity contribution in [3.63, 3.8) is 0 Å². The van der Waals surface area contributed by atoms with Crippen molar-refractivity contribution in [1.29, 1.82) is 0 Å². The molecule has 26 heavy (non-hydrogen) atoms. The fraction of sp³-hybridized carbons (Fsp3) is 0.381. The van der Waals surface area contributed by atoms with Crippen LogP contribution in [0.1, 0.15) is 36.5 Å². The summed E-state index contributed by atoms with van der Waals surface area (Å²) in [5.41, 5.74) is 4.46. The van der Waals surface area contributed by atoms with Crippen LogP contribution in [-0.2, 0) is 13.0 Å². The van der Waals surface area contributed by atoms with E-state index in [1.165, 1.54) is 22.9 Å². The normalized spacial score (nSPS) is 13.1. The van der Waals surface area contributed by atoms with Crippen molar-refractivity contribution in [2.75, 3.05) is 20.8 Å². The molecular weight excluding hydrogens is 353 g/mol. The molecule has 0 spiro atoms. The van der Waals surface area contributed by atoms with Crippen molar-refractivity contribution < 1.29 is 30.8 Å². The number of methoxy groups -OCH3 is 2. The summed E-state index contributed by atoms with van der Waals surface area (Å²) in [5.74, 6) is 1.36. The second-order valence-corrected chi connectivity index (χ2v) is 6.32. The van der Waals surface area contributed by atoms with Crippen molar-refractivity contribution in [2.45, 2.75) is 32.7 Å². The molecule has 0 amide bonds. The van der Waals surface area contributed by atoms with E-state index in [0.717, 1.165) is 42.9 Å². The molecule has 3 nitrogen and oxygen atoms in total. The van der Waals surface area contributed by atoms with Crippen molar-refractivity contribution >= 4 is 5.71 Å². The molecule has 0 radical (unpaired) electrons. The lowest BCUT2D eigenvalue weighted by molar-refractivity contribution is -0.546. The minimum Gasteiger partial charge on any atom is -1.00 e. The molecule has 0 fully saturated rings. The first-order valence-corrected chi connectivity index (χ1v) is 8.77. The van der Waals surface area contributed by atoms with E-state index < -0.39 is 0 Å². The molecule has 140 valence electrons. The van der Waals surface area contributed by atoms with E-state index in [4.69, 9.17) is 9.47 Å². The summed E-state index contributed by atoms with van der Waals surface area (Å²) in [6, 6.07) is 11.2.